The highest BCUT2D eigenvalue weighted by molar-refractivity contribution is 6.57. The van der Waals surface area contributed by atoms with Crippen LogP contribution >= 0.6 is 0 Å². The van der Waals surface area contributed by atoms with Gasteiger partial charge in [-0.1, -0.05) is 24.3 Å². The largest absolute Gasteiger partial charge is 0.510 e. The van der Waals surface area contributed by atoms with E-state index in [0.717, 1.165) is 0 Å². The van der Waals surface area contributed by atoms with Gasteiger partial charge in [0.2, 0.25) is 0 Å². The summed E-state index contributed by atoms with van der Waals surface area (Å²) in [6.45, 7) is 2.68. The van der Waals surface area contributed by atoms with Crippen LogP contribution in [0.15, 0.2) is 36.5 Å². The molecule has 16 heavy (non-hydrogen) atoms. The molecule has 1 heterocycles. The Balaban J connectivity index is 2.18. The van der Waals surface area contributed by atoms with Gasteiger partial charge in [0.05, 0.1) is 12.1 Å². The van der Waals surface area contributed by atoms with E-state index in [4.69, 9.17) is 10.0 Å². The van der Waals surface area contributed by atoms with Crippen LogP contribution in [0.1, 0.15) is 11.1 Å². The molecule has 0 aliphatic heterocycles. The van der Waals surface area contributed by atoms with Gasteiger partial charge >= 0.3 is 7.12 Å². The number of hydrogen-bond donors (Lipinski definition) is 2. The highest BCUT2D eigenvalue weighted by Crippen LogP contribution is 2.07. The first-order valence-electron chi connectivity index (χ1n) is 5.11. The zero-order valence-corrected chi connectivity index (χ0v) is 9.04. The highest BCUT2D eigenvalue weighted by atomic mass is 16.4. The lowest BCUT2D eigenvalue weighted by molar-refractivity contribution is 0.423. The van der Waals surface area contributed by atoms with E-state index in [9.17, 15) is 0 Å². The molecule has 0 saturated heterocycles. The van der Waals surface area contributed by atoms with Gasteiger partial charge in [-0.25, -0.2) is 0 Å². The van der Waals surface area contributed by atoms with Crippen molar-refractivity contribution in [1.82, 2.24) is 9.78 Å². The van der Waals surface area contributed by atoms with Crippen molar-refractivity contribution in [2.45, 2.75) is 13.5 Å². The van der Waals surface area contributed by atoms with Crippen LogP contribution in [0.4, 0.5) is 0 Å². The molecule has 1 aromatic carbocycles. The highest BCUT2D eigenvalue weighted by Gasteiger charge is 2.14. The summed E-state index contributed by atoms with van der Waals surface area (Å²) in [5.74, 6) is 0. The molecule has 0 radical (unpaired) electrons. The maximum Gasteiger partial charge on any atom is 0.510 e. The molecular weight excluding hydrogens is 203 g/mol. The Bertz CT molecular complexity index is 482. The SMILES string of the molecule is Cc1ccccc1Cn1ccc(B(O)O)n1. The van der Waals surface area contributed by atoms with Gasteiger partial charge in [0.15, 0.2) is 0 Å². The molecule has 0 aliphatic rings. The van der Waals surface area contributed by atoms with Crippen LogP contribution in [0.2, 0.25) is 0 Å². The second-order valence-corrected chi connectivity index (χ2v) is 3.74. The smallest absolute Gasteiger partial charge is 0.422 e. The molecule has 82 valence electrons. The third-order valence-electron chi connectivity index (χ3n) is 2.52. The molecule has 0 bridgehead atoms. The van der Waals surface area contributed by atoms with Crippen molar-refractivity contribution in [3.8, 4) is 0 Å². The van der Waals surface area contributed by atoms with Gasteiger partial charge in [-0.05, 0) is 24.1 Å². The minimum absolute atomic E-state index is 0.272. The molecule has 2 rings (SSSR count). The lowest BCUT2D eigenvalue weighted by atomic mass is 9.87. The first-order chi connectivity index (χ1) is 7.66. The van der Waals surface area contributed by atoms with Gasteiger partial charge in [0, 0.05) is 6.20 Å². The number of rotatable bonds is 3. The summed E-state index contributed by atoms with van der Waals surface area (Å²) in [6.07, 6.45) is 1.74. The van der Waals surface area contributed by atoms with Crippen LogP contribution in [0.5, 0.6) is 0 Å². The summed E-state index contributed by atoms with van der Waals surface area (Å²) >= 11 is 0. The van der Waals surface area contributed by atoms with Crippen molar-refractivity contribution in [2.75, 3.05) is 0 Å². The fourth-order valence-corrected chi connectivity index (χ4v) is 1.57. The van der Waals surface area contributed by atoms with Crippen LogP contribution in [-0.2, 0) is 6.54 Å². The summed E-state index contributed by atoms with van der Waals surface area (Å²) < 4.78 is 1.69. The number of nitrogens with zero attached hydrogens (tertiary/aromatic N) is 2. The van der Waals surface area contributed by atoms with Crippen LogP contribution in [0.25, 0.3) is 0 Å². The van der Waals surface area contributed by atoms with E-state index in [0.29, 0.717) is 6.54 Å². The van der Waals surface area contributed by atoms with Crippen molar-refractivity contribution in [2.24, 2.45) is 0 Å². The van der Waals surface area contributed by atoms with E-state index < -0.39 is 7.12 Å². The summed E-state index contributed by atoms with van der Waals surface area (Å²) in [5, 5.41) is 21.9. The maximum absolute atomic E-state index is 8.94. The van der Waals surface area contributed by atoms with Crippen LogP contribution in [0, 0.1) is 6.92 Å². The fraction of sp³-hybridized carbons (Fsp3) is 0.182. The van der Waals surface area contributed by atoms with Gasteiger partial charge in [-0.2, -0.15) is 5.10 Å². The molecule has 4 nitrogen and oxygen atoms in total. The van der Waals surface area contributed by atoms with Crippen molar-refractivity contribution in [3.05, 3.63) is 47.7 Å². The summed E-state index contributed by atoms with van der Waals surface area (Å²) in [7, 11) is -1.50. The Morgan fingerprint density at radius 2 is 2.00 bits per heavy atom. The average Bonchev–Trinajstić information content (AvgIpc) is 2.70. The topological polar surface area (TPSA) is 58.3 Å². The third-order valence-corrected chi connectivity index (χ3v) is 2.52. The number of aromatic nitrogens is 2. The molecule has 0 spiro atoms. The van der Waals surface area contributed by atoms with Crippen molar-refractivity contribution in [1.29, 1.82) is 0 Å². The Labute approximate surface area is 94.3 Å². The maximum atomic E-state index is 8.94. The molecule has 1 aromatic heterocycles. The molecule has 0 fully saturated rings. The lowest BCUT2D eigenvalue weighted by Gasteiger charge is -2.05. The summed E-state index contributed by atoms with van der Waals surface area (Å²) in [6, 6.07) is 9.65. The minimum Gasteiger partial charge on any atom is -0.422 e. The Hall–Kier alpha value is -1.59. The molecule has 0 saturated carbocycles. The zero-order chi connectivity index (χ0) is 11.5. The molecule has 5 heteroatoms. The van der Waals surface area contributed by atoms with Gasteiger partial charge < -0.3 is 10.0 Å². The van der Waals surface area contributed by atoms with Gasteiger partial charge in [-0.15, -0.1) is 0 Å². The quantitative estimate of drug-likeness (QED) is 0.705. The van der Waals surface area contributed by atoms with Crippen molar-refractivity contribution >= 4 is 12.7 Å². The molecular formula is C11H13BN2O2. The molecule has 0 aliphatic carbocycles. The second-order valence-electron chi connectivity index (χ2n) is 3.74. The monoisotopic (exact) mass is 216 g/mol. The van der Waals surface area contributed by atoms with E-state index >= 15 is 0 Å². The van der Waals surface area contributed by atoms with E-state index in [-0.39, 0.29) is 5.59 Å². The van der Waals surface area contributed by atoms with Crippen molar-refractivity contribution in [3.63, 3.8) is 0 Å². The molecule has 2 aromatic rings. The first-order valence-corrected chi connectivity index (χ1v) is 5.11. The predicted octanol–water partition coefficient (Wildman–Crippen LogP) is -0.0804. The number of benzene rings is 1. The van der Waals surface area contributed by atoms with E-state index in [2.05, 4.69) is 5.10 Å². The van der Waals surface area contributed by atoms with Gasteiger partial charge in [-0.3, -0.25) is 4.68 Å². The zero-order valence-electron chi connectivity index (χ0n) is 9.04. The van der Waals surface area contributed by atoms with E-state index in [1.54, 1.807) is 16.9 Å². The van der Waals surface area contributed by atoms with E-state index in [1.807, 2.05) is 31.2 Å². The Kier molecular flexibility index (Phi) is 3.08. The summed E-state index contributed by atoms with van der Waals surface area (Å²) in [5.41, 5.74) is 2.64. The van der Waals surface area contributed by atoms with E-state index in [1.165, 1.54) is 11.1 Å². The standard InChI is InChI=1S/C11H13BN2O2/c1-9-4-2-3-5-10(9)8-14-7-6-11(13-14)12(15)16/h2-7,15-16H,8H2,1H3. The molecule has 0 amide bonds. The molecule has 2 N–H and O–H groups in total. The van der Waals surface area contributed by atoms with Crippen LogP contribution < -0.4 is 5.59 Å². The Morgan fingerprint density at radius 1 is 1.25 bits per heavy atom. The fourth-order valence-electron chi connectivity index (χ4n) is 1.57. The van der Waals surface area contributed by atoms with Crippen LogP contribution in [-0.4, -0.2) is 26.9 Å². The van der Waals surface area contributed by atoms with Gasteiger partial charge in [0.1, 0.15) is 0 Å². The van der Waals surface area contributed by atoms with Crippen molar-refractivity contribution < 1.29 is 10.0 Å². The number of aryl methyl sites for hydroxylation is 1. The average molecular weight is 216 g/mol. The third kappa shape index (κ3) is 2.32. The minimum atomic E-state index is -1.50. The molecule has 0 unspecified atom stereocenters. The normalized spacial score (nSPS) is 10.4. The number of hydrogen-bond acceptors (Lipinski definition) is 3. The van der Waals surface area contributed by atoms with Crippen LogP contribution in [0.3, 0.4) is 0 Å². The Morgan fingerprint density at radius 3 is 2.62 bits per heavy atom. The predicted molar refractivity (Wildman–Crippen MR) is 62.3 cm³/mol. The second kappa shape index (κ2) is 4.51. The lowest BCUT2D eigenvalue weighted by Crippen LogP contribution is -2.31. The summed E-state index contributed by atoms with van der Waals surface area (Å²) in [4.78, 5) is 0. The van der Waals surface area contributed by atoms with Gasteiger partial charge in [0.25, 0.3) is 0 Å². The first kappa shape index (κ1) is 10.9. The molecule has 0 atom stereocenters.